The Kier molecular flexibility index (Phi) is 4.59. The quantitative estimate of drug-likeness (QED) is 0.868. The molecule has 0 radical (unpaired) electrons. The van der Waals surface area contributed by atoms with Crippen LogP contribution < -0.4 is 5.32 Å². The third-order valence-corrected chi connectivity index (χ3v) is 4.09. The van der Waals surface area contributed by atoms with Crippen LogP contribution >= 0.6 is 0 Å². The number of carboxylic acid groups (broad SMARTS) is 1. The Bertz CT molecular complexity index is 566. The summed E-state index contributed by atoms with van der Waals surface area (Å²) < 4.78 is 0. The van der Waals surface area contributed by atoms with E-state index in [0.29, 0.717) is 24.9 Å². The first-order valence-corrected chi connectivity index (χ1v) is 7.05. The first-order chi connectivity index (χ1) is 10.1. The fourth-order valence-electron chi connectivity index (χ4n) is 2.79. The molecule has 110 valence electrons. The van der Waals surface area contributed by atoms with Gasteiger partial charge >= 0.3 is 5.97 Å². The van der Waals surface area contributed by atoms with E-state index in [-0.39, 0.29) is 12.3 Å². The second-order valence-electron chi connectivity index (χ2n) is 5.55. The lowest BCUT2D eigenvalue weighted by atomic mass is 9.82. The van der Waals surface area contributed by atoms with Gasteiger partial charge in [0.05, 0.1) is 17.0 Å². The van der Waals surface area contributed by atoms with E-state index in [1.54, 1.807) is 24.3 Å². The molecule has 2 N–H and O–H groups in total. The van der Waals surface area contributed by atoms with Crippen LogP contribution in [0.2, 0.25) is 0 Å². The van der Waals surface area contributed by atoms with Crippen molar-refractivity contribution in [2.75, 3.05) is 0 Å². The van der Waals surface area contributed by atoms with Gasteiger partial charge in [-0.15, -0.1) is 0 Å². The molecule has 1 amide bonds. The average Bonchev–Trinajstić information content (AvgIpc) is 2.95. The van der Waals surface area contributed by atoms with Crippen molar-refractivity contribution in [3.8, 4) is 6.07 Å². The molecule has 1 saturated carbocycles. The maximum Gasteiger partial charge on any atom is 0.310 e. The molecule has 1 aromatic rings. The lowest BCUT2D eigenvalue weighted by Gasteiger charge is -2.22. The molecule has 5 heteroatoms. The standard InChI is InChI=1S/C16H18N2O3/c17-10-12-3-5-13(6-4-12)11-18-14(19)9-16(15(20)21)7-1-2-8-16/h3-6H,1-2,7-9,11H2,(H,18,19)(H,20,21). The molecular weight excluding hydrogens is 268 g/mol. The van der Waals surface area contributed by atoms with Crippen molar-refractivity contribution < 1.29 is 14.7 Å². The highest BCUT2D eigenvalue weighted by Crippen LogP contribution is 2.41. The van der Waals surface area contributed by atoms with Gasteiger partial charge in [-0.25, -0.2) is 0 Å². The van der Waals surface area contributed by atoms with Crippen LogP contribution in [0.25, 0.3) is 0 Å². The molecule has 0 saturated heterocycles. The summed E-state index contributed by atoms with van der Waals surface area (Å²) in [6, 6.07) is 8.97. The van der Waals surface area contributed by atoms with Crippen LogP contribution in [-0.2, 0) is 16.1 Å². The van der Waals surface area contributed by atoms with Crippen LogP contribution in [0.1, 0.15) is 43.2 Å². The number of rotatable bonds is 5. The van der Waals surface area contributed by atoms with Crippen LogP contribution in [0.5, 0.6) is 0 Å². The topological polar surface area (TPSA) is 90.2 Å². The molecule has 5 nitrogen and oxygen atoms in total. The summed E-state index contributed by atoms with van der Waals surface area (Å²) in [7, 11) is 0. The number of hydrogen-bond donors (Lipinski definition) is 2. The van der Waals surface area contributed by atoms with E-state index in [1.807, 2.05) is 6.07 Å². The molecule has 1 aliphatic carbocycles. The van der Waals surface area contributed by atoms with Gasteiger partial charge in [-0.3, -0.25) is 9.59 Å². The first-order valence-electron chi connectivity index (χ1n) is 7.05. The lowest BCUT2D eigenvalue weighted by molar-refractivity contribution is -0.151. The van der Waals surface area contributed by atoms with Gasteiger partial charge in [-0.1, -0.05) is 25.0 Å². The monoisotopic (exact) mass is 286 g/mol. The first kappa shape index (κ1) is 15.0. The summed E-state index contributed by atoms with van der Waals surface area (Å²) >= 11 is 0. The molecule has 21 heavy (non-hydrogen) atoms. The van der Waals surface area contributed by atoms with Crippen LogP contribution in [0.15, 0.2) is 24.3 Å². The highest BCUT2D eigenvalue weighted by atomic mass is 16.4. The van der Waals surface area contributed by atoms with Crippen molar-refractivity contribution in [3.05, 3.63) is 35.4 Å². The number of carbonyl (C=O) groups is 2. The Morgan fingerprint density at radius 2 is 1.86 bits per heavy atom. The Hall–Kier alpha value is -2.35. The number of nitrogens with zero attached hydrogens (tertiary/aromatic N) is 1. The highest BCUT2D eigenvalue weighted by Gasteiger charge is 2.42. The molecule has 0 unspecified atom stereocenters. The normalized spacial score (nSPS) is 16.1. The second kappa shape index (κ2) is 6.40. The fourth-order valence-corrected chi connectivity index (χ4v) is 2.79. The minimum Gasteiger partial charge on any atom is -0.481 e. The molecular formula is C16H18N2O3. The van der Waals surface area contributed by atoms with Gasteiger partial charge in [-0.05, 0) is 30.5 Å². The van der Waals surface area contributed by atoms with E-state index >= 15 is 0 Å². The van der Waals surface area contributed by atoms with Crippen molar-refractivity contribution in [2.45, 2.75) is 38.6 Å². The Morgan fingerprint density at radius 3 is 2.38 bits per heavy atom. The predicted molar refractivity (Wildman–Crippen MR) is 76.2 cm³/mol. The minimum atomic E-state index is -0.880. The van der Waals surface area contributed by atoms with Crippen LogP contribution in [-0.4, -0.2) is 17.0 Å². The van der Waals surface area contributed by atoms with Gasteiger partial charge in [0, 0.05) is 13.0 Å². The van der Waals surface area contributed by atoms with Gasteiger partial charge in [0.2, 0.25) is 5.91 Å². The summed E-state index contributed by atoms with van der Waals surface area (Å²) in [5, 5.41) is 20.8. The van der Waals surface area contributed by atoms with E-state index in [4.69, 9.17) is 5.26 Å². The molecule has 0 atom stereocenters. The Balaban J connectivity index is 1.89. The predicted octanol–water partition coefficient (Wildman–Crippen LogP) is 2.21. The van der Waals surface area contributed by atoms with Gasteiger partial charge < -0.3 is 10.4 Å². The van der Waals surface area contributed by atoms with E-state index < -0.39 is 11.4 Å². The van der Waals surface area contributed by atoms with Crippen molar-refractivity contribution in [1.29, 1.82) is 5.26 Å². The Labute approximate surface area is 123 Å². The zero-order valence-corrected chi connectivity index (χ0v) is 11.8. The molecule has 1 fully saturated rings. The number of nitriles is 1. The Morgan fingerprint density at radius 1 is 1.24 bits per heavy atom. The molecule has 1 aromatic carbocycles. The molecule has 1 aliphatic rings. The summed E-state index contributed by atoms with van der Waals surface area (Å²) in [6.45, 7) is 0.347. The number of carboxylic acids is 1. The summed E-state index contributed by atoms with van der Waals surface area (Å²) in [5.74, 6) is -1.10. The third-order valence-electron chi connectivity index (χ3n) is 4.09. The van der Waals surface area contributed by atoms with Crippen molar-refractivity contribution in [2.24, 2.45) is 5.41 Å². The van der Waals surface area contributed by atoms with Gasteiger partial charge in [0.1, 0.15) is 0 Å². The van der Waals surface area contributed by atoms with E-state index in [1.165, 1.54) is 0 Å². The maximum atomic E-state index is 12.0. The van der Waals surface area contributed by atoms with E-state index in [2.05, 4.69) is 5.32 Å². The lowest BCUT2D eigenvalue weighted by Crippen LogP contribution is -2.35. The van der Waals surface area contributed by atoms with Crippen molar-refractivity contribution >= 4 is 11.9 Å². The minimum absolute atomic E-state index is 0.0403. The van der Waals surface area contributed by atoms with Crippen molar-refractivity contribution in [3.63, 3.8) is 0 Å². The molecule has 0 bridgehead atoms. The molecule has 0 aliphatic heterocycles. The van der Waals surface area contributed by atoms with Gasteiger partial charge in [0.15, 0.2) is 0 Å². The average molecular weight is 286 g/mol. The van der Waals surface area contributed by atoms with Crippen LogP contribution in [0.4, 0.5) is 0 Å². The second-order valence-corrected chi connectivity index (χ2v) is 5.55. The number of nitrogens with one attached hydrogen (secondary N) is 1. The van der Waals surface area contributed by atoms with Gasteiger partial charge in [0.25, 0.3) is 0 Å². The molecule has 2 rings (SSSR count). The molecule has 0 heterocycles. The SMILES string of the molecule is N#Cc1ccc(CNC(=O)CC2(C(=O)O)CCCC2)cc1. The fraction of sp³-hybridized carbons (Fsp3) is 0.438. The summed E-state index contributed by atoms with van der Waals surface area (Å²) in [5.41, 5.74) is 0.577. The van der Waals surface area contributed by atoms with Crippen molar-refractivity contribution in [1.82, 2.24) is 5.32 Å². The maximum absolute atomic E-state index is 12.0. The summed E-state index contributed by atoms with van der Waals surface area (Å²) in [6.07, 6.45) is 2.93. The molecule has 0 spiro atoms. The third kappa shape index (κ3) is 3.60. The number of benzene rings is 1. The zero-order valence-electron chi connectivity index (χ0n) is 11.8. The largest absolute Gasteiger partial charge is 0.481 e. The van der Waals surface area contributed by atoms with E-state index in [0.717, 1.165) is 18.4 Å². The van der Waals surface area contributed by atoms with Crippen LogP contribution in [0.3, 0.4) is 0 Å². The smallest absolute Gasteiger partial charge is 0.310 e. The number of hydrogen-bond acceptors (Lipinski definition) is 3. The number of aliphatic carboxylic acids is 1. The summed E-state index contributed by atoms with van der Waals surface area (Å²) in [4.78, 5) is 23.4. The van der Waals surface area contributed by atoms with E-state index in [9.17, 15) is 14.7 Å². The number of amides is 1. The number of carbonyl (C=O) groups excluding carboxylic acids is 1. The van der Waals surface area contributed by atoms with Gasteiger partial charge in [-0.2, -0.15) is 5.26 Å². The molecule has 0 aromatic heterocycles. The highest BCUT2D eigenvalue weighted by molar-refractivity contribution is 5.85. The van der Waals surface area contributed by atoms with Crippen LogP contribution in [0, 0.1) is 16.7 Å². The zero-order chi connectivity index (χ0) is 15.3.